The normalized spacial score (nSPS) is 16.8. The van der Waals surface area contributed by atoms with Crippen molar-refractivity contribution in [2.75, 3.05) is 40.4 Å². The van der Waals surface area contributed by atoms with E-state index < -0.39 is 6.04 Å². The van der Waals surface area contributed by atoms with E-state index >= 15 is 0 Å². The van der Waals surface area contributed by atoms with Crippen LogP contribution in [0.5, 0.6) is 5.75 Å². The predicted octanol–water partition coefficient (Wildman–Crippen LogP) is 3.99. The van der Waals surface area contributed by atoms with Gasteiger partial charge in [-0.25, -0.2) is 4.79 Å². The number of piperazine rings is 1. The molecule has 8 nitrogen and oxygen atoms in total. The molecule has 1 aliphatic rings. The van der Waals surface area contributed by atoms with Crippen molar-refractivity contribution in [3.8, 4) is 17.2 Å². The number of aromatic nitrogens is 2. The fraction of sp³-hybridized carbons (Fsp3) is 0.375. The molecule has 2 heterocycles. The maximum atomic E-state index is 12.6. The number of rotatable bonds is 7. The molecule has 2 unspecified atom stereocenters. The first-order chi connectivity index (χ1) is 16.0. The van der Waals surface area contributed by atoms with Crippen LogP contribution in [0, 0.1) is 0 Å². The molecule has 0 amide bonds. The van der Waals surface area contributed by atoms with E-state index in [2.05, 4.69) is 20.0 Å². The lowest BCUT2D eigenvalue weighted by Gasteiger charge is -2.39. The molecular formula is C24H27ClN4O4. The van der Waals surface area contributed by atoms with Crippen LogP contribution in [0.25, 0.3) is 11.5 Å². The van der Waals surface area contributed by atoms with Crippen molar-refractivity contribution < 1.29 is 18.7 Å². The Kier molecular flexibility index (Phi) is 7.27. The molecule has 1 aromatic heterocycles. The van der Waals surface area contributed by atoms with E-state index in [0.29, 0.717) is 29.9 Å². The molecule has 4 rings (SSSR count). The minimum atomic E-state index is -0.536. The molecule has 1 fully saturated rings. The Balaban J connectivity index is 1.43. The molecule has 0 radical (unpaired) electrons. The number of hydrogen-bond donors (Lipinski definition) is 0. The lowest BCUT2D eigenvalue weighted by Crippen LogP contribution is -2.50. The van der Waals surface area contributed by atoms with E-state index in [-0.39, 0.29) is 12.0 Å². The third kappa shape index (κ3) is 5.03. The van der Waals surface area contributed by atoms with Crippen LogP contribution in [0.15, 0.2) is 52.9 Å². The van der Waals surface area contributed by atoms with E-state index in [0.717, 1.165) is 30.0 Å². The highest BCUT2D eigenvalue weighted by Gasteiger charge is 2.34. The summed E-state index contributed by atoms with van der Waals surface area (Å²) in [6.07, 6.45) is 0. The second-order valence-electron chi connectivity index (χ2n) is 7.87. The number of benzene rings is 2. The fourth-order valence-electron chi connectivity index (χ4n) is 4.07. The van der Waals surface area contributed by atoms with Crippen molar-refractivity contribution in [2.45, 2.75) is 19.0 Å². The maximum Gasteiger partial charge on any atom is 0.327 e. The number of esters is 1. The van der Waals surface area contributed by atoms with Gasteiger partial charge in [0.2, 0.25) is 11.8 Å². The summed E-state index contributed by atoms with van der Waals surface area (Å²) < 4.78 is 16.2. The van der Waals surface area contributed by atoms with Gasteiger partial charge < -0.3 is 13.9 Å². The van der Waals surface area contributed by atoms with Crippen LogP contribution in [-0.4, -0.2) is 66.4 Å². The highest BCUT2D eigenvalue weighted by molar-refractivity contribution is 6.31. The monoisotopic (exact) mass is 470 g/mol. The van der Waals surface area contributed by atoms with E-state index in [1.165, 1.54) is 7.11 Å². The summed E-state index contributed by atoms with van der Waals surface area (Å²) in [4.78, 5) is 17.0. The van der Waals surface area contributed by atoms with Crippen LogP contribution in [0.3, 0.4) is 0 Å². The Morgan fingerprint density at radius 3 is 2.30 bits per heavy atom. The van der Waals surface area contributed by atoms with Gasteiger partial charge in [-0.1, -0.05) is 29.8 Å². The Morgan fingerprint density at radius 1 is 1.00 bits per heavy atom. The average molecular weight is 471 g/mol. The van der Waals surface area contributed by atoms with Crippen molar-refractivity contribution in [1.82, 2.24) is 20.0 Å². The summed E-state index contributed by atoms with van der Waals surface area (Å²) in [5, 5.41) is 9.04. The van der Waals surface area contributed by atoms with E-state index in [1.54, 1.807) is 13.2 Å². The zero-order valence-electron chi connectivity index (χ0n) is 18.9. The lowest BCUT2D eigenvalue weighted by molar-refractivity contribution is -0.148. The summed E-state index contributed by atoms with van der Waals surface area (Å²) in [5.41, 5.74) is 1.60. The number of carbonyl (C=O) groups excluding carboxylic acids is 1. The summed E-state index contributed by atoms with van der Waals surface area (Å²) in [6.45, 7) is 4.87. The van der Waals surface area contributed by atoms with E-state index in [1.807, 2.05) is 49.4 Å². The largest absolute Gasteiger partial charge is 0.497 e. The smallest absolute Gasteiger partial charge is 0.327 e. The van der Waals surface area contributed by atoms with Gasteiger partial charge in [-0.05, 0) is 42.8 Å². The van der Waals surface area contributed by atoms with Gasteiger partial charge in [0, 0.05) is 36.8 Å². The van der Waals surface area contributed by atoms with Gasteiger partial charge in [-0.15, -0.1) is 10.2 Å². The molecule has 1 saturated heterocycles. The quantitative estimate of drug-likeness (QED) is 0.479. The number of nitrogens with zero attached hydrogens (tertiary/aromatic N) is 4. The highest BCUT2D eigenvalue weighted by atomic mass is 35.5. The van der Waals surface area contributed by atoms with Gasteiger partial charge in [0.05, 0.1) is 20.3 Å². The van der Waals surface area contributed by atoms with Crippen molar-refractivity contribution in [3.63, 3.8) is 0 Å². The topological polar surface area (TPSA) is 80.9 Å². The molecule has 2 aromatic carbocycles. The molecule has 2 atom stereocenters. The highest BCUT2D eigenvalue weighted by Crippen LogP contribution is 2.31. The summed E-state index contributed by atoms with van der Waals surface area (Å²) in [7, 11) is 3.03. The first-order valence-electron chi connectivity index (χ1n) is 10.8. The van der Waals surface area contributed by atoms with E-state index in [9.17, 15) is 4.79 Å². The summed E-state index contributed by atoms with van der Waals surface area (Å²) in [6, 6.07) is 14.3. The SMILES string of the molecule is COC(=O)C(c1ccccc1Cl)N1CCN(C(C)c2nnc(-c3ccc(OC)cc3)o2)CC1. The molecule has 0 spiro atoms. The van der Waals surface area contributed by atoms with Gasteiger partial charge in [0.25, 0.3) is 0 Å². The number of ether oxygens (including phenoxy) is 2. The van der Waals surface area contributed by atoms with E-state index in [4.69, 9.17) is 25.5 Å². The molecule has 174 valence electrons. The molecule has 3 aromatic rings. The van der Waals surface area contributed by atoms with Crippen molar-refractivity contribution in [3.05, 3.63) is 65.0 Å². The van der Waals surface area contributed by atoms with Crippen molar-refractivity contribution in [1.29, 1.82) is 0 Å². The first-order valence-corrected chi connectivity index (χ1v) is 11.2. The zero-order valence-corrected chi connectivity index (χ0v) is 19.7. The lowest BCUT2D eigenvalue weighted by atomic mass is 10.0. The third-order valence-corrected chi connectivity index (χ3v) is 6.37. The third-order valence-electron chi connectivity index (χ3n) is 6.02. The molecule has 9 heteroatoms. The molecule has 0 bridgehead atoms. The van der Waals surface area contributed by atoms with Gasteiger partial charge in [-0.2, -0.15) is 0 Å². The van der Waals surface area contributed by atoms with Crippen molar-refractivity contribution in [2.24, 2.45) is 0 Å². The van der Waals surface area contributed by atoms with Crippen LogP contribution in [0.1, 0.15) is 30.5 Å². The Morgan fingerprint density at radius 2 is 1.67 bits per heavy atom. The molecular weight excluding hydrogens is 444 g/mol. The minimum Gasteiger partial charge on any atom is -0.497 e. The second-order valence-corrected chi connectivity index (χ2v) is 8.28. The zero-order chi connectivity index (χ0) is 23.4. The van der Waals surface area contributed by atoms with Gasteiger partial charge in [0.15, 0.2) is 0 Å². The standard InChI is InChI=1S/C24H27ClN4O4/c1-16(22-26-27-23(33-22)17-8-10-18(31-2)11-9-17)28-12-14-29(15-13-28)21(24(30)32-3)19-6-4-5-7-20(19)25/h4-11,16,21H,12-15H2,1-3H3. The Hall–Kier alpha value is -2.94. The number of carbonyl (C=O) groups is 1. The van der Waals surface area contributed by atoms with Gasteiger partial charge in [-0.3, -0.25) is 9.80 Å². The number of methoxy groups -OCH3 is 2. The first kappa shape index (κ1) is 23.2. The summed E-state index contributed by atoms with van der Waals surface area (Å²) in [5.74, 6) is 1.49. The second kappa shape index (κ2) is 10.3. The maximum absolute atomic E-state index is 12.6. The van der Waals surface area contributed by atoms with Crippen molar-refractivity contribution >= 4 is 17.6 Å². The van der Waals surface area contributed by atoms with Crippen LogP contribution >= 0.6 is 11.6 Å². The molecule has 1 aliphatic heterocycles. The number of halogens is 1. The summed E-state index contributed by atoms with van der Waals surface area (Å²) >= 11 is 6.39. The van der Waals surface area contributed by atoms with Crippen LogP contribution < -0.4 is 4.74 Å². The van der Waals surface area contributed by atoms with Crippen LogP contribution in [0.4, 0.5) is 0 Å². The molecule has 0 saturated carbocycles. The fourth-order valence-corrected chi connectivity index (χ4v) is 4.31. The predicted molar refractivity (Wildman–Crippen MR) is 124 cm³/mol. The Bertz CT molecular complexity index is 1080. The van der Waals surface area contributed by atoms with Gasteiger partial charge >= 0.3 is 5.97 Å². The molecule has 0 N–H and O–H groups in total. The molecule has 0 aliphatic carbocycles. The van der Waals surface area contributed by atoms with Crippen LogP contribution in [-0.2, 0) is 9.53 Å². The van der Waals surface area contributed by atoms with Crippen LogP contribution in [0.2, 0.25) is 5.02 Å². The Labute approximate surface area is 198 Å². The molecule has 33 heavy (non-hydrogen) atoms. The number of hydrogen-bond acceptors (Lipinski definition) is 8. The average Bonchev–Trinajstić information content (AvgIpc) is 3.35. The van der Waals surface area contributed by atoms with Gasteiger partial charge in [0.1, 0.15) is 11.8 Å². The minimum absolute atomic E-state index is 0.0523.